The molecule has 0 atom stereocenters. The summed E-state index contributed by atoms with van der Waals surface area (Å²) < 4.78 is 36.9. The Kier molecular flexibility index (Phi) is 4.40. The van der Waals surface area contributed by atoms with E-state index in [0.29, 0.717) is 18.9 Å². The Labute approximate surface area is 149 Å². The number of likely N-dealkylation sites (tertiary alicyclic amines) is 1. The summed E-state index contributed by atoms with van der Waals surface area (Å²) in [6, 6.07) is 1.66. The van der Waals surface area contributed by atoms with Crippen molar-refractivity contribution in [3.05, 3.63) is 11.6 Å². The van der Waals surface area contributed by atoms with E-state index >= 15 is 0 Å². The highest BCUT2D eigenvalue weighted by Gasteiger charge is 2.49. The number of nitrogens with zero attached hydrogens (tertiary/aromatic N) is 2. The molecule has 7 heteroatoms. The second-order valence-electron chi connectivity index (χ2n) is 7.52. The SMILES string of the molecule is Cc1cc2c(nc1OCCN1CCCCC1)OC1(CC1)CCS2(=O)=O. The maximum atomic E-state index is 12.5. The fourth-order valence-electron chi connectivity index (χ4n) is 3.63. The van der Waals surface area contributed by atoms with Crippen LogP contribution in [-0.4, -0.2) is 55.9 Å². The van der Waals surface area contributed by atoms with Crippen LogP contribution in [0, 0.1) is 6.92 Å². The van der Waals surface area contributed by atoms with Crippen molar-refractivity contribution in [2.45, 2.75) is 55.9 Å². The van der Waals surface area contributed by atoms with Crippen LogP contribution in [-0.2, 0) is 9.84 Å². The van der Waals surface area contributed by atoms with Gasteiger partial charge in [0.15, 0.2) is 9.84 Å². The molecule has 1 aliphatic carbocycles. The molecule has 0 bridgehead atoms. The minimum absolute atomic E-state index is 0.135. The van der Waals surface area contributed by atoms with Crippen molar-refractivity contribution in [3.63, 3.8) is 0 Å². The van der Waals surface area contributed by atoms with Crippen LogP contribution < -0.4 is 9.47 Å². The monoisotopic (exact) mass is 366 g/mol. The first-order valence-corrected chi connectivity index (χ1v) is 10.9. The molecular formula is C18H26N2O4S. The smallest absolute Gasteiger partial charge is 0.236 e. The van der Waals surface area contributed by atoms with E-state index in [1.165, 1.54) is 19.3 Å². The van der Waals surface area contributed by atoms with Crippen LogP contribution in [0.4, 0.5) is 0 Å². The van der Waals surface area contributed by atoms with Crippen molar-refractivity contribution < 1.29 is 17.9 Å². The topological polar surface area (TPSA) is 68.7 Å². The molecule has 0 N–H and O–H groups in total. The molecule has 0 radical (unpaired) electrons. The summed E-state index contributed by atoms with van der Waals surface area (Å²) in [4.78, 5) is 7.07. The number of rotatable bonds is 4. The standard InChI is InChI=1S/C18H26N2O4S/c1-14-13-15-17(24-18(5-6-18)7-12-25(15,21)22)19-16(14)23-11-10-20-8-3-2-4-9-20/h13H,2-12H2,1H3. The highest BCUT2D eigenvalue weighted by Crippen LogP contribution is 2.47. The number of piperidine rings is 1. The molecule has 0 aromatic carbocycles. The summed E-state index contributed by atoms with van der Waals surface area (Å²) in [5, 5.41) is 0. The van der Waals surface area contributed by atoms with E-state index in [-0.39, 0.29) is 22.1 Å². The quantitative estimate of drug-likeness (QED) is 0.815. The van der Waals surface area contributed by atoms with Gasteiger partial charge in [0.2, 0.25) is 11.8 Å². The first-order chi connectivity index (χ1) is 12.0. The minimum atomic E-state index is -3.34. The predicted octanol–water partition coefficient (Wildman–Crippen LogP) is 2.34. The summed E-state index contributed by atoms with van der Waals surface area (Å²) in [6.07, 6.45) is 6.19. The largest absolute Gasteiger partial charge is 0.476 e. The van der Waals surface area contributed by atoms with E-state index < -0.39 is 9.84 Å². The zero-order valence-corrected chi connectivity index (χ0v) is 15.6. The van der Waals surface area contributed by atoms with E-state index in [4.69, 9.17) is 9.47 Å². The molecule has 1 aromatic heterocycles. The van der Waals surface area contributed by atoms with Gasteiger partial charge < -0.3 is 9.47 Å². The van der Waals surface area contributed by atoms with Gasteiger partial charge in [-0.05, 0) is 51.8 Å². The Morgan fingerprint density at radius 3 is 2.72 bits per heavy atom. The zero-order chi connectivity index (χ0) is 17.5. The van der Waals surface area contributed by atoms with Gasteiger partial charge in [0, 0.05) is 18.5 Å². The van der Waals surface area contributed by atoms with Crippen molar-refractivity contribution >= 4 is 9.84 Å². The number of fused-ring (bicyclic) bond motifs is 1. The number of sulfone groups is 1. The van der Waals surface area contributed by atoms with E-state index in [0.717, 1.165) is 38.0 Å². The van der Waals surface area contributed by atoms with Crippen molar-refractivity contribution in [1.82, 2.24) is 9.88 Å². The van der Waals surface area contributed by atoms with Gasteiger partial charge in [0.1, 0.15) is 17.1 Å². The highest BCUT2D eigenvalue weighted by atomic mass is 32.2. The molecule has 138 valence electrons. The molecule has 2 fully saturated rings. The number of hydrogen-bond donors (Lipinski definition) is 0. The number of hydrogen-bond acceptors (Lipinski definition) is 6. The lowest BCUT2D eigenvalue weighted by Gasteiger charge is -2.26. The molecule has 25 heavy (non-hydrogen) atoms. The van der Waals surface area contributed by atoms with Crippen molar-refractivity contribution in [2.24, 2.45) is 0 Å². The van der Waals surface area contributed by atoms with Gasteiger partial charge in [-0.1, -0.05) is 6.42 Å². The van der Waals surface area contributed by atoms with E-state index in [9.17, 15) is 8.42 Å². The number of pyridine rings is 1. The molecule has 1 spiro atoms. The van der Waals surface area contributed by atoms with Crippen LogP contribution in [0.15, 0.2) is 11.0 Å². The second kappa shape index (κ2) is 6.43. The molecule has 1 saturated heterocycles. The molecular weight excluding hydrogens is 340 g/mol. The summed E-state index contributed by atoms with van der Waals surface area (Å²) in [5.74, 6) is 0.855. The van der Waals surface area contributed by atoms with Gasteiger partial charge in [-0.3, -0.25) is 4.90 Å². The van der Waals surface area contributed by atoms with Gasteiger partial charge >= 0.3 is 0 Å². The van der Waals surface area contributed by atoms with Gasteiger partial charge in [0.25, 0.3) is 0 Å². The van der Waals surface area contributed by atoms with Crippen LogP contribution in [0.1, 0.15) is 44.1 Å². The lowest BCUT2D eigenvalue weighted by Crippen LogP contribution is -2.33. The Bertz CT molecular complexity index is 753. The first kappa shape index (κ1) is 17.1. The first-order valence-electron chi connectivity index (χ1n) is 9.26. The van der Waals surface area contributed by atoms with Crippen molar-refractivity contribution in [1.29, 1.82) is 0 Å². The molecule has 1 aromatic rings. The Morgan fingerprint density at radius 1 is 1.24 bits per heavy atom. The molecule has 0 unspecified atom stereocenters. The third-order valence-corrected chi connectivity index (χ3v) is 7.18. The number of aryl methyl sites for hydroxylation is 1. The number of ether oxygens (including phenoxy) is 2. The fourth-order valence-corrected chi connectivity index (χ4v) is 5.20. The molecule has 3 aliphatic rings. The summed E-state index contributed by atoms with van der Waals surface area (Å²) in [7, 11) is -3.34. The maximum Gasteiger partial charge on any atom is 0.236 e. The fraction of sp³-hybridized carbons (Fsp3) is 0.722. The highest BCUT2D eigenvalue weighted by molar-refractivity contribution is 7.91. The molecule has 2 aliphatic heterocycles. The Morgan fingerprint density at radius 2 is 2.00 bits per heavy atom. The molecule has 3 heterocycles. The lowest BCUT2D eigenvalue weighted by molar-refractivity contribution is 0.158. The van der Waals surface area contributed by atoms with Crippen LogP contribution in [0.3, 0.4) is 0 Å². The average Bonchev–Trinajstić information content (AvgIpc) is 3.37. The van der Waals surface area contributed by atoms with Crippen LogP contribution >= 0.6 is 0 Å². The van der Waals surface area contributed by atoms with Gasteiger partial charge in [-0.15, -0.1) is 0 Å². The van der Waals surface area contributed by atoms with Crippen LogP contribution in [0.25, 0.3) is 0 Å². The Hall–Kier alpha value is -1.34. The predicted molar refractivity (Wildman–Crippen MR) is 94.0 cm³/mol. The summed E-state index contributed by atoms with van der Waals surface area (Å²) >= 11 is 0. The van der Waals surface area contributed by atoms with Crippen LogP contribution in [0.5, 0.6) is 11.8 Å². The lowest BCUT2D eigenvalue weighted by atomic mass is 10.1. The molecule has 4 rings (SSSR count). The van der Waals surface area contributed by atoms with Gasteiger partial charge in [-0.25, -0.2) is 8.42 Å². The van der Waals surface area contributed by atoms with Gasteiger partial charge in [-0.2, -0.15) is 4.98 Å². The average molecular weight is 366 g/mol. The summed E-state index contributed by atoms with van der Waals surface area (Å²) in [6.45, 7) is 5.54. The third kappa shape index (κ3) is 3.62. The van der Waals surface area contributed by atoms with Crippen molar-refractivity contribution in [2.75, 3.05) is 32.0 Å². The van der Waals surface area contributed by atoms with E-state index in [1.807, 2.05) is 6.92 Å². The van der Waals surface area contributed by atoms with Gasteiger partial charge in [0.05, 0.1) is 5.75 Å². The summed E-state index contributed by atoms with van der Waals surface area (Å²) in [5.41, 5.74) is 0.433. The zero-order valence-electron chi connectivity index (χ0n) is 14.8. The second-order valence-corrected chi connectivity index (χ2v) is 9.60. The minimum Gasteiger partial charge on any atom is -0.476 e. The molecule has 0 amide bonds. The molecule has 6 nitrogen and oxygen atoms in total. The van der Waals surface area contributed by atoms with Crippen molar-refractivity contribution in [3.8, 4) is 11.8 Å². The molecule has 1 saturated carbocycles. The maximum absolute atomic E-state index is 12.5. The Balaban J connectivity index is 1.51. The normalized spacial score (nSPS) is 24.2. The number of aromatic nitrogens is 1. The third-order valence-electron chi connectivity index (χ3n) is 5.48. The van der Waals surface area contributed by atoms with Crippen LogP contribution in [0.2, 0.25) is 0 Å². The van der Waals surface area contributed by atoms with E-state index in [2.05, 4.69) is 9.88 Å². The van der Waals surface area contributed by atoms with E-state index in [1.54, 1.807) is 6.07 Å².